The van der Waals surface area contributed by atoms with E-state index >= 15 is 0 Å². The predicted molar refractivity (Wildman–Crippen MR) is 82.3 cm³/mol. The van der Waals surface area contributed by atoms with Crippen LogP contribution in [0.25, 0.3) is 5.78 Å². The summed E-state index contributed by atoms with van der Waals surface area (Å²) in [5.41, 5.74) is -0.588. The van der Waals surface area contributed by atoms with E-state index < -0.39 is 24.1 Å². The molecule has 1 fully saturated rings. The second kappa shape index (κ2) is 6.30. The van der Waals surface area contributed by atoms with Gasteiger partial charge in [0, 0.05) is 24.7 Å². The molecule has 0 aliphatic carbocycles. The number of hydrogen-bond acceptors (Lipinski definition) is 7. The molecule has 0 radical (unpaired) electrons. The zero-order valence-corrected chi connectivity index (χ0v) is 13.3. The number of carbonyl (C=O) groups is 1. The number of nitrogens with one attached hydrogen (secondary N) is 1. The van der Waals surface area contributed by atoms with Gasteiger partial charge in [-0.2, -0.15) is 9.97 Å². The molecular formula is C14H19N5O5. The largest absolute Gasteiger partial charge is 0.394 e. The molecule has 2 aromatic heterocycles. The van der Waals surface area contributed by atoms with Gasteiger partial charge in [0.2, 0.25) is 17.6 Å². The number of nitrogens with zero attached hydrogens (tertiary/aromatic N) is 4. The number of anilines is 1. The molecule has 2 aromatic rings. The van der Waals surface area contributed by atoms with Gasteiger partial charge in [-0.05, 0) is 0 Å². The van der Waals surface area contributed by atoms with Crippen LogP contribution in [0.3, 0.4) is 0 Å². The third-order valence-corrected chi connectivity index (χ3v) is 3.89. The van der Waals surface area contributed by atoms with Gasteiger partial charge in [0.25, 0.3) is 0 Å². The van der Waals surface area contributed by atoms with Crippen LogP contribution in [-0.4, -0.2) is 53.9 Å². The van der Waals surface area contributed by atoms with E-state index in [-0.39, 0.29) is 36.6 Å². The Morgan fingerprint density at radius 1 is 1.46 bits per heavy atom. The number of imidazole rings is 1. The number of fused-ring (bicyclic) bond motifs is 1. The van der Waals surface area contributed by atoms with Gasteiger partial charge in [0.15, 0.2) is 0 Å². The molecule has 0 unspecified atom stereocenters. The molecule has 10 nitrogen and oxygen atoms in total. The minimum atomic E-state index is -0.809. The lowest BCUT2D eigenvalue weighted by molar-refractivity contribution is -0.118. The van der Waals surface area contributed by atoms with Crippen molar-refractivity contribution in [1.82, 2.24) is 18.9 Å². The topological polar surface area (TPSA) is 131 Å². The van der Waals surface area contributed by atoms with Crippen LogP contribution < -0.4 is 11.0 Å². The quantitative estimate of drug-likeness (QED) is 0.660. The van der Waals surface area contributed by atoms with Crippen molar-refractivity contribution < 1.29 is 19.7 Å². The maximum absolute atomic E-state index is 12.1. The number of aliphatic hydroxyl groups is 2. The van der Waals surface area contributed by atoms with Crippen LogP contribution in [-0.2, 0) is 9.53 Å². The summed E-state index contributed by atoms with van der Waals surface area (Å²) < 4.78 is 8.35. The first-order chi connectivity index (χ1) is 11.4. The molecule has 1 amide bonds. The Hall–Kier alpha value is -2.30. The Balaban J connectivity index is 1.97. The molecule has 1 aliphatic rings. The summed E-state index contributed by atoms with van der Waals surface area (Å²) in [4.78, 5) is 31.8. The standard InChI is InChI=1S/C14H19N5O5/c1-7(2)11(22)15-12-16-13-18(3-4-19(13)14(23)17-12)10-5-8(21)9(6-20)24-10/h3-4,7-10,20-21H,5-6H2,1-2H3,(H,15,17,22,23)/t8-,9+,10+/m0/s1. The molecule has 3 N–H and O–H groups in total. The molecule has 1 saturated heterocycles. The molecule has 3 atom stereocenters. The van der Waals surface area contributed by atoms with Crippen LogP contribution >= 0.6 is 0 Å². The van der Waals surface area contributed by atoms with E-state index in [1.165, 1.54) is 10.6 Å². The van der Waals surface area contributed by atoms with E-state index in [1.807, 2.05) is 0 Å². The number of carbonyl (C=O) groups excluding carboxylic acids is 1. The van der Waals surface area contributed by atoms with Crippen molar-refractivity contribution in [3.63, 3.8) is 0 Å². The molecule has 3 rings (SSSR count). The molecule has 130 valence electrons. The summed E-state index contributed by atoms with van der Waals surface area (Å²) in [6.07, 6.45) is 1.23. The van der Waals surface area contributed by atoms with Crippen LogP contribution in [0.15, 0.2) is 17.2 Å². The Kier molecular flexibility index (Phi) is 4.35. The van der Waals surface area contributed by atoms with Gasteiger partial charge in [-0.3, -0.25) is 14.7 Å². The van der Waals surface area contributed by atoms with Gasteiger partial charge in [-0.25, -0.2) is 9.20 Å². The van der Waals surface area contributed by atoms with Crippen LogP contribution in [0.1, 0.15) is 26.5 Å². The summed E-state index contributed by atoms with van der Waals surface area (Å²) in [6, 6.07) is 0. The van der Waals surface area contributed by atoms with E-state index in [9.17, 15) is 19.8 Å². The zero-order chi connectivity index (χ0) is 17.4. The fraction of sp³-hybridized carbons (Fsp3) is 0.571. The monoisotopic (exact) mass is 337 g/mol. The van der Waals surface area contributed by atoms with Crippen LogP contribution in [0, 0.1) is 5.92 Å². The fourth-order valence-electron chi connectivity index (χ4n) is 2.51. The highest BCUT2D eigenvalue weighted by Gasteiger charge is 2.35. The predicted octanol–water partition coefficient (Wildman–Crippen LogP) is -0.874. The third kappa shape index (κ3) is 2.90. The second-order valence-corrected chi connectivity index (χ2v) is 5.96. The maximum Gasteiger partial charge on any atom is 0.357 e. The lowest BCUT2D eigenvalue weighted by Crippen LogP contribution is -2.25. The number of amides is 1. The zero-order valence-electron chi connectivity index (χ0n) is 13.3. The SMILES string of the molecule is CC(C)C(=O)Nc1nc(=O)n2ccn([C@H]3C[C@H](O)[C@@H](CO)O3)c2n1. The molecule has 10 heteroatoms. The van der Waals surface area contributed by atoms with E-state index in [0.29, 0.717) is 0 Å². The molecule has 24 heavy (non-hydrogen) atoms. The second-order valence-electron chi connectivity index (χ2n) is 5.96. The summed E-state index contributed by atoms with van der Waals surface area (Å²) in [5.74, 6) is -0.442. The van der Waals surface area contributed by atoms with E-state index in [4.69, 9.17) is 4.74 Å². The number of aromatic nitrogens is 4. The van der Waals surface area contributed by atoms with Gasteiger partial charge < -0.3 is 14.9 Å². The third-order valence-electron chi connectivity index (χ3n) is 3.89. The average molecular weight is 337 g/mol. The van der Waals surface area contributed by atoms with Crippen molar-refractivity contribution >= 4 is 17.6 Å². The summed E-state index contributed by atoms with van der Waals surface area (Å²) in [6.45, 7) is 3.12. The van der Waals surface area contributed by atoms with Crippen LogP contribution in [0.5, 0.6) is 0 Å². The molecule has 0 spiro atoms. The van der Waals surface area contributed by atoms with E-state index in [2.05, 4.69) is 15.3 Å². The molecule has 3 heterocycles. The normalized spacial score (nSPS) is 24.0. The van der Waals surface area contributed by atoms with Crippen LogP contribution in [0.2, 0.25) is 0 Å². The Morgan fingerprint density at radius 3 is 2.83 bits per heavy atom. The van der Waals surface area contributed by atoms with Crippen molar-refractivity contribution in [2.45, 2.75) is 38.7 Å². The smallest absolute Gasteiger partial charge is 0.357 e. The Labute approximate surface area is 136 Å². The molecule has 1 aliphatic heterocycles. The summed E-state index contributed by atoms with van der Waals surface area (Å²) in [5, 5.41) is 21.5. The summed E-state index contributed by atoms with van der Waals surface area (Å²) >= 11 is 0. The lowest BCUT2D eigenvalue weighted by Gasteiger charge is -2.14. The number of ether oxygens (including phenoxy) is 1. The van der Waals surface area contributed by atoms with Gasteiger partial charge in [-0.1, -0.05) is 13.8 Å². The van der Waals surface area contributed by atoms with Crippen molar-refractivity contribution in [2.24, 2.45) is 5.92 Å². The first kappa shape index (κ1) is 16.6. The van der Waals surface area contributed by atoms with Gasteiger partial charge in [-0.15, -0.1) is 0 Å². The molecule has 0 aromatic carbocycles. The lowest BCUT2D eigenvalue weighted by atomic mass is 10.2. The number of hydrogen-bond donors (Lipinski definition) is 3. The molecule has 0 bridgehead atoms. The number of aliphatic hydroxyl groups excluding tert-OH is 2. The highest BCUT2D eigenvalue weighted by molar-refractivity contribution is 5.90. The summed E-state index contributed by atoms with van der Waals surface area (Å²) in [7, 11) is 0. The van der Waals surface area contributed by atoms with Crippen molar-refractivity contribution in [3.05, 3.63) is 22.9 Å². The first-order valence-corrected chi connectivity index (χ1v) is 7.63. The fourth-order valence-corrected chi connectivity index (χ4v) is 2.51. The van der Waals surface area contributed by atoms with Crippen molar-refractivity contribution in [3.8, 4) is 0 Å². The van der Waals surface area contributed by atoms with Crippen LogP contribution in [0.4, 0.5) is 5.95 Å². The van der Waals surface area contributed by atoms with Gasteiger partial charge in [0.1, 0.15) is 12.3 Å². The minimum absolute atomic E-state index is 0.0871. The maximum atomic E-state index is 12.1. The average Bonchev–Trinajstić information content (AvgIpc) is 3.10. The highest BCUT2D eigenvalue weighted by atomic mass is 16.5. The van der Waals surface area contributed by atoms with E-state index in [1.54, 1.807) is 24.6 Å². The highest BCUT2D eigenvalue weighted by Crippen LogP contribution is 2.29. The van der Waals surface area contributed by atoms with E-state index in [0.717, 1.165) is 0 Å². The first-order valence-electron chi connectivity index (χ1n) is 7.63. The molecule has 0 saturated carbocycles. The number of rotatable bonds is 4. The Bertz CT molecular complexity index is 813. The van der Waals surface area contributed by atoms with Gasteiger partial charge >= 0.3 is 5.69 Å². The van der Waals surface area contributed by atoms with Crippen molar-refractivity contribution in [2.75, 3.05) is 11.9 Å². The van der Waals surface area contributed by atoms with Gasteiger partial charge in [0.05, 0.1) is 12.7 Å². The minimum Gasteiger partial charge on any atom is -0.394 e. The molecular weight excluding hydrogens is 318 g/mol. The Morgan fingerprint density at radius 2 is 2.21 bits per heavy atom. The van der Waals surface area contributed by atoms with Crippen molar-refractivity contribution in [1.29, 1.82) is 0 Å².